The molecule has 1 aliphatic rings. The molecule has 1 aliphatic heterocycles. The second kappa shape index (κ2) is 5.38. The number of rotatable bonds is 3. The third-order valence-corrected chi connectivity index (χ3v) is 5.25. The van der Waals surface area contributed by atoms with E-state index >= 15 is 0 Å². The zero-order valence-electron chi connectivity index (χ0n) is 9.66. The highest BCUT2D eigenvalue weighted by Gasteiger charge is 2.34. The normalized spacial score (nSPS) is 15.6. The molecule has 108 valence electrons. The van der Waals surface area contributed by atoms with Crippen LogP contribution in [-0.2, 0) is 24.4 Å². The van der Waals surface area contributed by atoms with Crippen LogP contribution in [0.15, 0.2) is 16.3 Å². The predicted molar refractivity (Wildman–Crippen MR) is 67.2 cm³/mol. The number of amides is 3. The molecule has 3 amide bonds. The number of carbonyl (C=O) groups excluding carboxylic acids is 3. The van der Waals surface area contributed by atoms with Crippen LogP contribution in [0.2, 0.25) is 4.34 Å². The van der Waals surface area contributed by atoms with E-state index in [1.807, 2.05) is 0 Å². The van der Waals surface area contributed by atoms with Crippen molar-refractivity contribution in [1.82, 2.24) is 9.79 Å². The van der Waals surface area contributed by atoms with Crippen LogP contribution in [-0.4, -0.2) is 31.4 Å². The number of imide groups is 1. The number of carbonyl (C=O) groups is 3. The molecule has 0 atom stereocenters. The monoisotopic (exact) mass is 338 g/mol. The Morgan fingerprint density at radius 1 is 1.30 bits per heavy atom. The van der Waals surface area contributed by atoms with Gasteiger partial charge in [-0.05, 0) is 12.1 Å². The minimum absolute atomic E-state index is 0.0839. The quantitative estimate of drug-likeness (QED) is 0.819. The first-order valence-corrected chi connectivity index (χ1v) is 7.83. The van der Waals surface area contributed by atoms with Gasteiger partial charge in [0.2, 0.25) is 0 Å². The van der Waals surface area contributed by atoms with Crippen molar-refractivity contribution < 1.29 is 27.6 Å². The minimum atomic E-state index is -4.16. The average Bonchev–Trinajstić information content (AvgIpc) is 2.90. The fraction of sp³-hybridized carbons (Fsp3) is 0.222. The van der Waals surface area contributed by atoms with Gasteiger partial charge in [0.25, 0.3) is 21.8 Å². The van der Waals surface area contributed by atoms with Crippen molar-refractivity contribution in [3.63, 3.8) is 0 Å². The molecule has 0 bridgehead atoms. The zero-order valence-corrected chi connectivity index (χ0v) is 12.0. The van der Waals surface area contributed by atoms with E-state index in [0.717, 1.165) is 11.3 Å². The van der Waals surface area contributed by atoms with Gasteiger partial charge in [-0.3, -0.25) is 9.59 Å². The fourth-order valence-corrected chi connectivity index (χ4v) is 3.71. The molecule has 1 aromatic heterocycles. The lowest BCUT2D eigenvalue weighted by atomic mass is 10.4. The summed E-state index contributed by atoms with van der Waals surface area (Å²) >= 11 is 6.33. The van der Waals surface area contributed by atoms with Gasteiger partial charge in [-0.1, -0.05) is 11.6 Å². The summed E-state index contributed by atoms with van der Waals surface area (Å²) in [5, 5.41) is 0.242. The molecule has 0 spiro atoms. The number of hydrogen-bond donors (Lipinski definition) is 1. The molecule has 11 heteroatoms. The molecule has 1 N–H and O–H groups in total. The van der Waals surface area contributed by atoms with Crippen LogP contribution in [0.3, 0.4) is 0 Å². The Bertz CT molecular complexity index is 666. The number of nitrogens with zero attached hydrogens (tertiary/aromatic N) is 1. The summed E-state index contributed by atoms with van der Waals surface area (Å²) in [7, 11) is -4.16. The molecule has 2 heterocycles. The summed E-state index contributed by atoms with van der Waals surface area (Å²) in [6, 6.07) is 2.55. The van der Waals surface area contributed by atoms with Gasteiger partial charge in [-0.2, -0.15) is 0 Å². The predicted octanol–water partition coefficient (Wildman–Crippen LogP) is 0.880. The van der Waals surface area contributed by atoms with Crippen LogP contribution in [0.25, 0.3) is 0 Å². The summed E-state index contributed by atoms with van der Waals surface area (Å²) in [6.45, 7) is 0. The van der Waals surface area contributed by atoms with Crippen molar-refractivity contribution >= 4 is 50.9 Å². The molecule has 0 unspecified atom stereocenters. The van der Waals surface area contributed by atoms with Gasteiger partial charge in [0, 0.05) is 12.8 Å². The lowest BCUT2D eigenvalue weighted by Crippen LogP contribution is -2.39. The van der Waals surface area contributed by atoms with E-state index in [4.69, 9.17) is 11.6 Å². The summed E-state index contributed by atoms with van der Waals surface area (Å²) in [4.78, 5) is 38.2. The smallest absolute Gasteiger partial charge is 0.310 e. The first-order chi connectivity index (χ1) is 9.29. The second-order valence-electron chi connectivity index (χ2n) is 3.62. The summed E-state index contributed by atoms with van der Waals surface area (Å²) < 4.78 is 25.1. The Labute approximate surface area is 122 Å². The van der Waals surface area contributed by atoms with Gasteiger partial charge in [0.05, 0.1) is 4.34 Å². The molecule has 0 saturated carbocycles. The molecular formula is C9H7ClN2O6S2. The highest BCUT2D eigenvalue weighted by molar-refractivity contribution is 7.92. The number of hydrogen-bond acceptors (Lipinski definition) is 7. The van der Waals surface area contributed by atoms with Crippen LogP contribution in [0.1, 0.15) is 12.8 Å². The lowest BCUT2D eigenvalue weighted by Gasteiger charge is -2.12. The van der Waals surface area contributed by atoms with Crippen molar-refractivity contribution in [2.24, 2.45) is 0 Å². The molecule has 0 aliphatic carbocycles. The number of halogens is 1. The number of nitrogens with one attached hydrogen (secondary N) is 1. The molecule has 8 nitrogen and oxygen atoms in total. The first kappa shape index (κ1) is 14.8. The zero-order chi connectivity index (χ0) is 14.9. The largest absolute Gasteiger partial charge is 0.446 e. The maximum Gasteiger partial charge on any atom is 0.446 e. The molecule has 20 heavy (non-hydrogen) atoms. The Morgan fingerprint density at radius 3 is 2.40 bits per heavy atom. The van der Waals surface area contributed by atoms with Gasteiger partial charge in [0.15, 0.2) is 0 Å². The van der Waals surface area contributed by atoms with E-state index in [0.29, 0.717) is 0 Å². The van der Waals surface area contributed by atoms with Crippen molar-refractivity contribution in [3.8, 4) is 0 Å². The van der Waals surface area contributed by atoms with Gasteiger partial charge in [-0.15, -0.1) is 16.4 Å². The molecule has 1 saturated heterocycles. The number of thiophene rings is 1. The van der Waals surface area contributed by atoms with Crippen LogP contribution in [0.4, 0.5) is 4.79 Å². The number of sulfonamides is 1. The minimum Gasteiger partial charge on any atom is -0.310 e. The van der Waals surface area contributed by atoms with E-state index in [-0.39, 0.29) is 26.5 Å². The first-order valence-electron chi connectivity index (χ1n) is 5.15. The molecule has 2 rings (SSSR count). The summed E-state index contributed by atoms with van der Waals surface area (Å²) in [5.74, 6) is -1.41. The number of hydroxylamine groups is 2. The molecule has 1 aromatic rings. The Morgan fingerprint density at radius 2 is 1.90 bits per heavy atom. The van der Waals surface area contributed by atoms with E-state index in [1.54, 1.807) is 4.72 Å². The van der Waals surface area contributed by atoms with Crippen molar-refractivity contribution in [2.75, 3.05) is 0 Å². The van der Waals surface area contributed by atoms with Gasteiger partial charge >= 0.3 is 6.09 Å². The molecule has 0 radical (unpaired) electrons. The molecule has 0 aromatic carbocycles. The van der Waals surface area contributed by atoms with Gasteiger partial charge in [0.1, 0.15) is 4.21 Å². The van der Waals surface area contributed by atoms with E-state index < -0.39 is 27.9 Å². The third kappa shape index (κ3) is 3.08. The van der Waals surface area contributed by atoms with Crippen LogP contribution < -0.4 is 4.72 Å². The van der Waals surface area contributed by atoms with Gasteiger partial charge in [-0.25, -0.2) is 17.9 Å². The maximum atomic E-state index is 11.7. The standard InChI is InChI=1S/C9H7ClN2O6S2/c10-5-1-4-8(19-5)20(16,17)11-9(15)18-12-6(13)2-3-7(12)14/h1,4H,2-3H2,(H,11,15). The summed E-state index contributed by atoms with van der Waals surface area (Å²) in [5.41, 5.74) is 0. The molecule has 1 fully saturated rings. The second-order valence-corrected chi connectivity index (χ2v) is 7.25. The maximum absolute atomic E-state index is 11.7. The third-order valence-electron chi connectivity index (χ3n) is 2.21. The Hall–Kier alpha value is -1.65. The Kier molecular flexibility index (Phi) is 3.97. The highest BCUT2D eigenvalue weighted by atomic mass is 35.5. The highest BCUT2D eigenvalue weighted by Crippen LogP contribution is 2.25. The van der Waals surface area contributed by atoms with Crippen LogP contribution in [0.5, 0.6) is 0 Å². The van der Waals surface area contributed by atoms with Crippen molar-refractivity contribution in [2.45, 2.75) is 17.1 Å². The average molecular weight is 339 g/mol. The van der Waals surface area contributed by atoms with Crippen molar-refractivity contribution in [1.29, 1.82) is 0 Å². The topological polar surface area (TPSA) is 110 Å². The van der Waals surface area contributed by atoms with Crippen LogP contribution >= 0.6 is 22.9 Å². The molecular weight excluding hydrogens is 332 g/mol. The van der Waals surface area contributed by atoms with E-state index in [9.17, 15) is 22.8 Å². The SMILES string of the molecule is O=C(NS(=O)(=O)c1ccc(Cl)s1)ON1C(=O)CCC1=O. The van der Waals surface area contributed by atoms with Crippen LogP contribution in [0, 0.1) is 0 Å². The van der Waals surface area contributed by atoms with E-state index in [2.05, 4.69) is 4.84 Å². The van der Waals surface area contributed by atoms with Crippen molar-refractivity contribution in [3.05, 3.63) is 16.5 Å². The van der Waals surface area contributed by atoms with E-state index in [1.165, 1.54) is 12.1 Å². The fourth-order valence-electron chi connectivity index (χ4n) is 1.36. The lowest BCUT2D eigenvalue weighted by molar-refractivity contribution is -0.171. The Balaban J connectivity index is 2.04. The summed E-state index contributed by atoms with van der Waals surface area (Å²) in [6.07, 6.45) is -1.61. The van der Waals surface area contributed by atoms with Gasteiger partial charge < -0.3 is 4.84 Å².